The Labute approximate surface area is 106 Å². The third-order valence-electron chi connectivity index (χ3n) is 2.26. The van der Waals surface area contributed by atoms with E-state index in [0.29, 0.717) is 0 Å². The van der Waals surface area contributed by atoms with Crippen molar-refractivity contribution in [2.24, 2.45) is 7.05 Å². The Balaban J connectivity index is 2.45. The van der Waals surface area contributed by atoms with Crippen LogP contribution in [0.2, 0.25) is 0 Å². The highest BCUT2D eigenvalue weighted by atomic mass is 16.6. The number of hydrogen-bond donors (Lipinski definition) is 1. The van der Waals surface area contributed by atoms with Gasteiger partial charge in [-0.05, 0) is 16.0 Å². The maximum Gasteiger partial charge on any atom is 0.427 e. The molecule has 0 fully saturated rings. The number of rotatable bonds is 4. The van der Waals surface area contributed by atoms with Gasteiger partial charge in [0, 0.05) is 13.2 Å². The molecule has 0 amide bonds. The number of nitrogens with zero attached hydrogens (tertiary/aromatic N) is 4. The van der Waals surface area contributed by atoms with Gasteiger partial charge in [-0.1, -0.05) is 0 Å². The third kappa shape index (κ3) is 2.34. The van der Waals surface area contributed by atoms with Crippen LogP contribution in [0, 0.1) is 10.1 Å². The molecule has 9 nitrogen and oxygen atoms in total. The van der Waals surface area contributed by atoms with Crippen LogP contribution in [0.25, 0.3) is 0 Å². The predicted molar refractivity (Wildman–Crippen MR) is 61.1 cm³/mol. The smallest absolute Gasteiger partial charge is 0.427 e. The number of carboxylic acids is 1. The van der Waals surface area contributed by atoms with Crippen LogP contribution in [0.5, 0.6) is 11.6 Å². The Kier molecular flexibility index (Phi) is 3.10. The van der Waals surface area contributed by atoms with Crippen LogP contribution in [-0.4, -0.2) is 30.5 Å². The first-order valence-corrected chi connectivity index (χ1v) is 5.01. The van der Waals surface area contributed by atoms with E-state index in [0.717, 1.165) is 0 Å². The van der Waals surface area contributed by atoms with Gasteiger partial charge in [0.2, 0.25) is 6.33 Å². The normalized spacial score (nSPS) is 10.2. The number of aromatic carboxylic acids is 1. The molecule has 1 N–H and O–H groups in total. The number of aromatic nitrogens is 3. The fourth-order valence-corrected chi connectivity index (χ4v) is 1.39. The molecule has 2 aromatic rings. The minimum Gasteiger partial charge on any atom is -0.478 e. The summed E-state index contributed by atoms with van der Waals surface area (Å²) in [6.07, 6.45) is 3.65. The number of imidazole rings is 1. The molecule has 0 atom stereocenters. The lowest BCUT2D eigenvalue weighted by atomic mass is 10.2. The molecule has 0 radical (unpaired) electrons. The lowest BCUT2D eigenvalue weighted by molar-refractivity contribution is -0.390. The van der Waals surface area contributed by atoms with Crippen LogP contribution in [0.4, 0.5) is 5.82 Å². The maximum atomic E-state index is 11.0. The van der Waals surface area contributed by atoms with Gasteiger partial charge in [-0.25, -0.2) is 4.79 Å². The van der Waals surface area contributed by atoms with E-state index in [-0.39, 0.29) is 17.2 Å². The van der Waals surface area contributed by atoms with Crippen LogP contribution in [0.1, 0.15) is 10.4 Å². The molecular formula is C10H8N4O5. The van der Waals surface area contributed by atoms with Crippen molar-refractivity contribution in [3.63, 3.8) is 0 Å². The Bertz CT molecular complexity index is 651. The van der Waals surface area contributed by atoms with Crippen molar-refractivity contribution in [3.05, 3.63) is 40.5 Å². The summed E-state index contributed by atoms with van der Waals surface area (Å²) in [5.41, 5.74) is -0.148. The summed E-state index contributed by atoms with van der Waals surface area (Å²) in [6, 6.07) is 1.24. The van der Waals surface area contributed by atoms with Crippen molar-refractivity contribution >= 4 is 11.8 Å². The number of aryl methyl sites for hydroxylation is 1. The highest BCUT2D eigenvalue weighted by Crippen LogP contribution is 2.30. The molecule has 0 saturated heterocycles. The second-order valence-electron chi connectivity index (χ2n) is 3.52. The van der Waals surface area contributed by atoms with Crippen molar-refractivity contribution in [2.45, 2.75) is 0 Å². The van der Waals surface area contributed by atoms with E-state index in [1.54, 1.807) is 0 Å². The summed E-state index contributed by atoms with van der Waals surface area (Å²) in [6.45, 7) is 0. The fraction of sp³-hybridized carbons (Fsp3) is 0.100. The molecule has 0 spiro atoms. The van der Waals surface area contributed by atoms with Crippen LogP contribution in [0.3, 0.4) is 0 Å². The van der Waals surface area contributed by atoms with E-state index >= 15 is 0 Å². The second-order valence-corrected chi connectivity index (χ2v) is 3.52. The zero-order valence-corrected chi connectivity index (χ0v) is 9.68. The SMILES string of the molecule is Cn1cnc([N+](=O)[O-])c1Oc1cnccc1C(=O)O. The molecule has 0 aliphatic carbocycles. The summed E-state index contributed by atoms with van der Waals surface area (Å²) in [5, 5.41) is 19.7. The Hall–Kier alpha value is -2.97. The molecule has 2 heterocycles. The first-order chi connectivity index (χ1) is 9.00. The van der Waals surface area contributed by atoms with E-state index < -0.39 is 16.7 Å². The summed E-state index contributed by atoms with van der Waals surface area (Å²) in [5.74, 6) is -1.98. The number of nitro groups is 1. The summed E-state index contributed by atoms with van der Waals surface area (Å²) in [4.78, 5) is 28.3. The van der Waals surface area contributed by atoms with Crippen LogP contribution in [-0.2, 0) is 7.05 Å². The molecule has 9 heteroatoms. The first kappa shape index (κ1) is 12.5. The fourth-order valence-electron chi connectivity index (χ4n) is 1.39. The summed E-state index contributed by atoms with van der Waals surface area (Å²) < 4.78 is 6.52. The lowest BCUT2D eigenvalue weighted by Gasteiger charge is -2.07. The van der Waals surface area contributed by atoms with Gasteiger partial charge in [0.1, 0.15) is 5.56 Å². The van der Waals surface area contributed by atoms with Crippen LogP contribution < -0.4 is 4.74 Å². The molecule has 0 aliphatic heterocycles. The largest absolute Gasteiger partial charge is 0.478 e. The van der Waals surface area contributed by atoms with Gasteiger partial charge in [0.15, 0.2) is 5.75 Å². The van der Waals surface area contributed by atoms with Crippen molar-refractivity contribution in [1.82, 2.24) is 14.5 Å². The van der Waals surface area contributed by atoms with E-state index in [9.17, 15) is 14.9 Å². The molecule has 2 aromatic heterocycles. The topological polar surface area (TPSA) is 120 Å². The van der Waals surface area contributed by atoms with Crippen molar-refractivity contribution in [1.29, 1.82) is 0 Å². The molecule has 98 valence electrons. The molecule has 0 aliphatic rings. The third-order valence-corrected chi connectivity index (χ3v) is 2.26. The standard InChI is InChI=1S/C10H8N4O5/c1-13-5-12-8(14(17)18)9(13)19-7-4-11-3-2-6(7)10(15)16/h2-5H,1H3,(H,15,16). The molecule has 2 rings (SSSR count). The zero-order chi connectivity index (χ0) is 14.0. The van der Waals surface area contributed by atoms with E-state index in [1.807, 2.05) is 0 Å². The monoisotopic (exact) mass is 264 g/mol. The average molecular weight is 264 g/mol. The van der Waals surface area contributed by atoms with Crippen molar-refractivity contribution < 1.29 is 19.6 Å². The van der Waals surface area contributed by atoms with Gasteiger partial charge in [-0.2, -0.15) is 0 Å². The first-order valence-electron chi connectivity index (χ1n) is 5.01. The predicted octanol–water partition coefficient (Wildman–Crippen LogP) is 1.21. The minimum absolute atomic E-state index is 0.0956. The number of hydrogen-bond acceptors (Lipinski definition) is 6. The molecule has 0 saturated carbocycles. The van der Waals surface area contributed by atoms with Gasteiger partial charge in [-0.3, -0.25) is 9.55 Å². The summed E-state index contributed by atoms with van der Waals surface area (Å²) in [7, 11) is 1.49. The quantitative estimate of drug-likeness (QED) is 0.650. The van der Waals surface area contributed by atoms with Gasteiger partial charge in [-0.15, -0.1) is 0 Å². The minimum atomic E-state index is -1.22. The number of ether oxygens (including phenoxy) is 1. The van der Waals surface area contributed by atoms with Gasteiger partial charge >= 0.3 is 17.7 Å². The average Bonchev–Trinajstić information content (AvgIpc) is 2.72. The Morgan fingerprint density at radius 2 is 2.32 bits per heavy atom. The van der Waals surface area contributed by atoms with E-state index in [4.69, 9.17) is 9.84 Å². The molecule has 0 bridgehead atoms. The van der Waals surface area contributed by atoms with Gasteiger partial charge in [0.25, 0.3) is 0 Å². The number of pyridine rings is 1. The summed E-state index contributed by atoms with van der Waals surface area (Å²) >= 11 is 0. The van der Waals surface area contributed by atoms with Gasteiger partial charge < -0.3 is 20.0 Å². The molecule has 0 unspecified atom stereocenters. The molecular weight excluding hydrogens is 256 g/mol. The highest BCUT2D eigenvalue weighted by molar-refractivity contribution is 5.90. The van der Waals surface area contributed by atoms with E-state index in [2.05, 4.69) is 9.97 Å². The second kappa shape index (κ2) is 4.72. The maximum absolute atomic E-state index is 11.0. The Morgan fingerprint density at radius 3 is 2.95 bits per heavy atom. The van der Waals surface area contributed by atoms with E-state index in [1.165, 1.54) is 36.4 Å². The van der Waals surface area contributed by atoms with Crippen LogP contribution in [0.15, 0.2) is 24.8 Å². The number of carboxylic acid groups (broad SMARTS) is 1. The van der Waals surface area contributed by atoms with Crippen LogP contribution >= 0.6 is 0 Å². The van der Waals surface area contributed by atoms with Gasteiger partial charge in [0.05, 0.1) is 6.20 Å². The Morgan fingerprint density at radius 1 is 1.58 bits per heavy atom. The number of carbonyl (C=O) groups is 1. The molecule has 0 aromatic carbocycles. The zero-order valence-electron chi connectivity index (χ0n) is 9.68. The molecule has 19 heavy (non-hydrogen) atoms. The lowest BCUT2D eigenvalue weighted by Crippen LogP contribution is -2.03. The van der Waals surface area contributed by atoms with Crippen molar-refractivity contribution in [3.8, 4) is 11.6 Å². The van der Waals surface area contributed by atoms with Crippen molar-refractivity contribution in [2.75, 3.05) is 0 Å². The highest BCUT2D eigenvalue weighted by Gasteiger charge is 2.24.